The Balaban J connectivity index is 2.09. The van der Waals surface area contributed by atoms with E-state index in [-0.39, 0.29) is 12.3 Å². The minimum absolute atomic E-state index is 0.0298. The number of aryl methyl sites for hydroxylation is 1. The van der Waals surface area contributed by atoms with E-state index in [0.29, 0.717) is 15.2 Å². The van der Waals surface area contributed by atoms with Crippen molar-refractivity contribution in [3.63, 3.8) is 0 Å². The van der Waals surface area contributed by atoms with Gasteiger partial charge in [0.05, 0.1) is 15.1 Å². The Bertz CT molecular complexity index is 857. The first-order chi connectivity index (χ1) is 12.0. The van der Waals surface area contributed by atoms with Gasteiger partial charge in [0, 0.05) is 10.7 Å². The molecule has 0 aliphatic heterocycles. The maximum atomic E-state index is 12.9. The fourth-order valence-corrected chi connectivity index (χ4v) is 3.08. The molecule has 140 valence electrons. The summed E-state index contributed by atoms with van der Waals surface area (Å²) in [5.41, 5.74) is 0.479. The lowest BCUT2D eigenvalue weighted by Crippen LogP contribution is -2.20. The van der Waals surface area contributed by atoms with Crippen LogP contribution < -0.4 is 10.1 Å². The second kappa shape index (κ2) is 8.06. The van der Waals surface area contributed by atoms with E-state index >= 15 is 0 Å². The molecule has 0 spiro atoms. The van der Waals surface area contributed by atoms with E-state index in [1.807, 2.05) is 0 Å². The molecule has 0 aliphatic rings. The van der Waals surface area contributed by atoms with Gasteiger partial charge >= 0.3 is 6.18 Å². The number of halogens is 6. The fourth-order valence-electron chi connectivity index (χ4n) is 2.17. The molecule has 1 N–H and O–H groups in total. The van der Waals surface area contributed by atoms with Crippen LogP contribution in [0.1, 0.15) is 16.7 Å². The number of ether oxygens (including phenoxy) is 1. The zero-order valence-electron chi connectivity index (χ0n) is 13.6. The molecule has 0 heterocycles. The van der Waals surface area contributed by atoms with E-state index in [1.54, 1.807) is 19.9 Å². The lowest BCUT2D eigenvalue weighted by atomic mass is 10.1. The first kappa shape index (κ1) is 20.9. The number of anilines is 1. The van der Waals surface area contributed by atoms with Gasteiger partial charge in [0.1, 0.15) is 5.75 Å². The fraction of sp³-hybridized carbons (Fsp3) is 0.235. The molecule has 3 nitrogen and oxygen atoms in total. The van der Waals surface area contributed by atoms with Gasteiger partial charge in [-0.3, -0.25) is 4.79 Å². The average Bonchev–Trinajstić information content (AvgIpc) is 2.55. The van der Waals surface area contributed by atoms with Crippen LogP contribution in [-0.4, -0.2) is 12.5 Å². The summed E-state index contributed by atoms with van der Waals surface area (Å²) in [7, 11) is 0. The number of carbonyl (C=O) groups excluding carboxylic acids is 1. The average molecular weight is 471 g/mol. The number of alkyl halides is 3. The van der Waals surface area contributed by atoms with E-state index in [0.717, 1.165) is 23.3 Å². The van der Waals surface area contributed by atoms with Crippen molar-refractivity contribution in [2.75, 3.05) is 11.9 Å². The molecule has 0 bridgehead atoms. The Morgan fingerprint density at radius 3 is 2.50 bits per heavy atom. The molecule has 26 heavy (non-hydrogen) atoms. The van der Waals surface area contributed by atoms with Crippen molar-refractivity contribution < 1.29 is 22.7 Å². The molecule has 0 unspecified atom stereocenters. The Morgan fingerprint density at radius 2 is 1.88 bits per heavy atom. The second-order valence-corrected chi connectivity index (χ2v) is 7.05. The number of carbonyl (C=O) groups is 1. The maximum absolute atomic E-state index is 12.9. The molecule has 0 saturated heterocycles. The summed E-state index contributed by atoms with van der Waals surface area (Å²) in [6.07, 6.45) is -4.61. The number of benzene rings is 2. The highest BCUT2D eigenvalue weighted by Gasteiger charge is 2.33. The van der Waals surface area contributed by atoms with E-state index in [9.17, 15) is 18.0 Å². The van der Waals surface area contributed by atoms with Gasteiger partial charge in [-0.05, 0) is 65.2 Å². The summed E-state index contributed by atoms with van der Waals surface area (Å²) in [6.45, 7) is 3.20. The highest BCUT2D eigenvalue weighted by atomic mass is 79.9. The quantitative estimate of drug-likeness (QED) is 0.560. The highest BCUT2D eigenvalue weighted by molar-refractivity contribution is 9.10. The van der Waals surface area contributed by atoms with Gasteiger partial charge in [0.15, 0.2) is 6.61 Å². The van der Waals surface area contributed by atoms with Crippen molar-refractivity contribution in [3.8, 4) is 5.75 Å². The Hall–Kier alpha value is -1.44. The predicted molar refractivity (Wildman–Crippen MR) is 99.2 cm³/mol. The molecule has 0 aliphatic carbocycles. The first-order valence-electron chi connectivity index (χ1n) is 7.25. The molecule has 2 aromatic rings. The van der Waals surface area contributed by atoms with Gasteiger partial charge in [-0.2, -0.15) is 13.2 Å². The third kappa shape index (κ3) is 4.84. The number of hydrogen-bond donors (Lipinski definition) is 1. The molecule has 9 heteroatoms. The lowest BCUT2D eigenvalue weighted by molar-refractivity contribution is -0.137. The third-order valence-electron chi connectivity index (χ3n) is 3.48. The van der Waals surface area contributed by atoms with Crippen molar-refractivity contribution in [2.24, 2.45) is 0 Å². The van der Waals surface area contributed by atoms with Crippen molar-refractivity contribution in [1.29, 1.82) is 0 Å². The summed E-state index contributed by atoms with van der Waals surface area (Å²) in [5, 5.41) is 2.48. The Morgan fingerprint density at radius 1 is 1.23 bits per heavy atom. The minimum atomic E-state index is -4.61. The van der Waals surface area contributed by atoms with E-state index < -0.39 is 22.7 Å². The van der Waals surface area contributed by atoms with Crippen molar-refractivity contribution in [2.45, 2.75) is 20.0 Å². The summed E-state index contributed by atoms with van der Waals surface area (Å²) in [4.78, 5) is 12.0. The molecule has 1 amide bonds. The van der Waals surface area contributed by atoms with Crippen LogP contribution in [-0.2, 0) is 11.0 Å². The van der Waals surface area contributed by atoms with Crippen LogP contribution in [0.4, 0.5) is 18.9 Å². The summed E-state index contributed by atoms with van der Waals surface area (Å²) in [6, 6.07) is 4.79. The van der Waals surface area contributed by atoms with Crippen LogP contribution in [0, 0.1) is 13.8 Å². The summed E-state index contributed by atoms with van der Waals surface area (Å²) >= 11 is 15.0. The third-order valence-corrected chi connectivity index (χ3v) is 5.38. The first-order valence-corrected chi connectivity index (χ1v) is 8.80. The number of amides is 1. The number of hydrogen-bond acceptors (Lipinski definition) is 2. The largest absolute Gasteiger partial charge is 0.483 e. The summed E-state index contributed by atoms with van der Waals surface area (Å²) in [5.74, 6) is -0.204. The number of nitrogens with one attached hydrogen (secondary N) is 1. The Kier molecular flexibility index (Phi) is 6.47. The predicted octanol–water partition coefficient (Wildman–Crippen LogP) is 6.41. The number of rotatable bonds is 4. The van der Waals surface area contributed by atoms with Crippen LogP contribution in [0.5, 0.6) is 5.75 Å². The Labute approximate surface area is 166 Å². The van der Waals surface area contributed by atoms with Gasteiger partial charge < -0.3 is 10.1 Å². The van der Waals surface area contributed by atoms with Gasteiger partial charge in [-0.25, -0.2) is 0 Å². The van der Waals surface area contributed by atoms with Crippen LogP contribution >= 0.6 is 39.1 Å². The molecular weight excluding hydrogens is 458 g/mol. The molecule has 0 saturated carbocycles. The van der Waals surface area contributed by atoms with Crippen LogP contribution in [0.3, 0.4) is 0 Å². The lowest BCUT2D eigenvalue weighted by Gasteiger charge is -2.14. The second-order valence-electron chi connectivity index (χ2n) is 5.47. The van der Waals surface area contributed by atoms with Crippen molar-refractivity contribution in [1.82, 2.24) is 0 Å². The topological polar surface area (TPSA) is 38.3 Å². The van der Waals surface area contributed by atoms with Gasteiger partial charge in [0.25, 0.3) is 5.91 Å². The van der Waals surface area contributed by atoms with Crippen LogP contribution in [0.25, 0.3) is 0 Å². The van der Waals surface area contributed by atoms with Gasteiger partial charge in [0.2, 0.25) is 0 Å². The zero-order chi connectivity index (χ0) is 19.6. The van der Waals surface area contributed by atoms with Gasteiger partial charge in [-0.15, -0.1) is 0 Å². The smallest absolute Gasteiger partial charge is 0.417 e. The van der Waals surface area contributed by atoms with Gasteiger partial charge in [-0.1, -0.05) is 23.2 Å². The van der Waals surface area contributed by atoms with Crippen LogP contribution in [0.2, 0.25) is 10.0 Å². The maximum Gasteiger partial charge on any atom is 0.417 e. The molecule has 2 aromatic carbocycles. The standard InChI is InChI=1S/C17H13BrCl2F3NO2/c1-8-5-13(15(18)9(2)16(8)20)26-7-14(25)24-10-3-4-12(19)11(6-10)17(21,22)23/h3-6H,7H2,1-2H3,(H,24,25). The monoisotopic (exact) mass is 469 g/mol. The van der Waals surface area contributed by atoms with Crippen molar-refractivity contribution >= 4 is 50.7 Å². The zero-order valence-corrected chi connectivity index (χ0v) is 16.7. The van der Waals surface area contributed by atoms with Crippen LogP contribution in [0.15, 0.2) is 28.7 Å². The highest BCUT2D eigenvalue weighted by Crippen LogP contribution is 2.37. The van der Waals surface area contributed by atoms with E-state index in [1.165, 1.54) is 6.07 Å². The molecule has 0 atom stereocenters. The van der Waals surface area contributed by atoms with E-state index in [2.05, 4.69) is 21.2 Å². The molecule has 0 aromatic heterocycles. The van der Waals surface area contributed by atoms with E-state index in [4.69, 9.17) is 27.9 Å². The molecule has 0 fully saturated rings. The molecule has 2 rings (SSSR count). The van der Waals surface area contributed by atoms with Crippen molar-refractivity contribution in [3.05, 3.63) is 55.5 Å². The molecule has 0 radical (unpaired) electrons. The SMILES string of the molecule is Cc1cc(OCC(=O)Nc2ccc(Cl)c(C(F)(F)F)c2)c(Br)c(C)c1Cl. The normalized spacial score (nSPS) is 11.4. The summed E-state index contributed by atoms with van der Waals surface area (Å²) < 4.78 is 44.6. The minimum Gasteiger partial charge on any atom is -0.483 e. The molecular formula is C17H13BrCl2F3NO2.